The van der Waals surface area contributed by atoms with Crippen LogP contribution in [0.5, 0.6) is 0 Å². The van der Waals surface area contributed by atoms with Gasteiger partial charge in [-0.15, -0.1) is 0 Å². The summed E-state index contributed by atoms with van der Waals surface area (Å²) >= 11 is 0. The summed E-state index contributed by atoms with van der Waals surface area (Å²) in [6.45, 7) is 1.06. The number of furan rings is 1. The van der Waals surface area contributed by atoms with E-state index in [0.29, 0.717) is 18.1 Å². The van der Waals surface area contributed by atoms with Crippen molar-refractivity contribution in [3.05, 3.63) is 59.0 Å². The minimum atomic E-state index is -0.114. The zero-order chi connectivity index (χ0) is 13.9. The van der Waals surface area contributed by atoms with E-state index in [1.54, 1.807) is 6.07 Å². The Balaban J connectivity index is 1.82. The first-order valence-corrected chi connectivity index (χ1v) is 6.83. The molecule has 1 aliphatic rings. The number of nitrogens with zero attached hydrogens (tertiary/aromatic N) is 1. The van der Waals surface area contributed by atoms with Gasteiger partial charge in [-0.2, -0.15) is 0 Å². The molecule has 1 amide bonds. The lowest BCUT2D eigenvalue weighted by Crippen LogP contribution is -2.30. The van der Waals surface area contributed by atoms with Crippen LogP contribution in [0.4, 0.5) is 0 Å². The lowest BCUT2D eigenvalue weighted by Gasteiger charge is -2.19. The van der Waals surface area contributed by atoms with Gasteiger partial charge in [-0.05, 0) is 36.6 Å². The van der Waals surface area contributed by atoms with E-state index in [2.05, 4.69) is 0 Å². The van der Waals surface area contributed by atoms with Gasteiger partial charge in [0.05, 0.1) is 6.54 Å². The fourth-order valence-corrected chi connectivity index (χ4v) is 2.61. The smallest absolute Gasteiger partial charge is 0.254 e. The number of aliphatic hydroxyl groups excluding tert-OH is 1. The maximum absolute atomic E-state index is 12.6. The van der Waals surface area contributed by atoms with Crippen LogP contribution in [0.25, 0.3) is 0 Å². The van der Waals surface area contributed by atoms with Crippen molar-refractivity contribution in [1.82, 2.24) is 4.90 Å². The number of aliphatic hydroxyl groups is 1. The summed E-state index contributed by atoms with van der Waals surface area (Å²) in [5.74, 6) is 1.30. The van der Waals surface area contributed by atoms with Crippen LogP contribution in [0.2, 0.25) is 0 Å². The van der Waals surface area contributed by atoms with Crippen molar-refractivity contribution in [2.24, 2.45) is 0 Å². The largest absolute Gasteiger partial charge is 0.462 e. The van der Waals surface area contributed by atoms with E-state index < -0.39 is 0 Å². The molecular weight excluding hydrogens is 254 g/mol. The zero-order valence-corrected chi connectivity index (χ0v) is 11.2. The first kappa shape index (κ1) is 12.9. The maximum atomic E-state index is 12.6. The van der Waals surface area contributed by atoms with Gasteiger partial charge in [0.25, 0.3) is 5.91 Å². The molecule has 3 rings (SSSR count). The van der Waals surface area contributed by atoms with Crippen LogP contribution in [0.3, 0.4) is 0 Å². The van der Waals surface area contributed by atoms with Gasteiger partial charge in [-0.25, -0.2) is 0 Å². The third-order valence-corrected chi connectivity index (χ3v) is 3.63. The molecule has 0 bridgehead atoms. The van der Waals surface area contributed by atoms with Crippen molar-refractivity contribution in [3.8, 4) is 0 Å². The number of hydrogen-bond donors (Lipinski definition) is 1. The molecular formula is C16H17NO3. The minimum absolute atomic E-state index is 0.0556. The van der Waals surface area contributed by atoms with Crippen molar-refractivity contribution in [3.63, 3.8) is 0 Å². The van der Waals surface area contributed by atoms with Gasteiger partial charge in [-0.3, -0.25) is 4.79 Å². The van der Waals surface area contributed by atoms with Gasteiger partial charge in [0.2, 0.25) is 0 Å². The first-order chi connectivity index (χ1) is 9.78. The van der Waals surface area contributed by atoms with Gasteiger partial charge in [0.15, 0.2) is 0 Å². The molecule has 0 saturated carbocycles. The topological polar surface area (TPSA) is 53.7 Å². The fraction of sp³-hybridized carbons (Fsp3) is 0.312. The molecule has 0 fully saturated rings. The zero-order valence-electron chi connectivity index (χ0n) is 11.2. The molecule has 1 aromatic heterocycles. The van der Waals surface area contributed by atoms with Crippen LogP contribution in [0.15, 0.2) is 40.8 Å². The van der Waals surface area contributed by atoms with Crippen LogP contribution in [-0.2, 0) is 19.6 Å². The Kier molecular flexibility index (Phi) is 3.56. The molecule has 0 saturated heterocycles. The predicted octanol–water partition coefficient (Wildman–Crippen LogP) is 2.36. The number of carbonyl (C=O) groups excluding carboxylic acids is 1. The molecule has 1 aliphatic heterocycles. The molecule has 20 heavy (non-hydrogen) atoms. The monoisotopic (exact) mass is 271 g/mol. The summed E-state index contributed by atoms with van der Waals surface area (Å²) in [6.07, 6.45) is 1.88. The summed E-state index contributed by atoms with van der Waals surface area (Å²) in [5, 5.41) is 9.01. The minimum Gasteiger partial charge on any atom is -0.462 e. The van der Waals surface area contributed by atoms with Crippen molar-refractivity contribution >= 4 is 5.91 Å². The summed E-state index contributed by atoms with van der Waals surface area (Å²) in [5.41, 5.74) is 1.91. The second-order valence-electron chi connectivity index (χ2n) is 5.01. The van der Waals surface area contributed by atoms with Crippen LogP contribution in [0.1, 0.15) is 33.9 Å². The van der Waals surface area contributed by atoms with E-state index in [1.807, 2.05) is 35.2 Å². The molecule has 0 spiro atoms. The summed E-state index contributed by atoms with van der Waals surface area (Å²) in [6, 6.07) is 11.3. The number of fused-ring (bicyclic) bond motifs is 1. The van der Waals surface area contributed by atoms with E-state index in [1.165, 1.54) is 0 Å². The molecule has 0 radical (unpaired) electrons. The Morgan fingerprint density at radius 3 is 2.75 bits per heavy atom. The van der Waals surface area contributed by atoms with E-state index in [9.17, 15) is 4.79 Å². The van der Waals surface area contributed by atoms with E-state index in [-0.39, 0.29) is 12.5 Å². The van der Waals surface area contributed by atoms with Gasteiger partial charge in [-0.1, -0.05) is 18.2 Å². The number of carbonyl (C=O) groups is 1. The normalized spacial score (nSPS) is 15.1. The van der Waals surface area contributed by atoms with Crippen molar-refractivity contribution in [2.75, 3.05) is 6.54 Å². The standard InChI is InChI=1S/C16H17NO3/c18-11-14-8-7-13(20-14)10-17-9-3-5-12-4-1-2-6-15(12)16(17)19/h1-2,4,6-8,18H,3,5,9-11H2. The maximum Gasteiger partial charge on any atom is 0.254 e. The van der Waals surface area contributed by atoms with Crippen LogP contribution in [-0.4, -0.2) is 22.5 Å². The number of hydrogen-bond acceptors (Lipinski definition) is 3. The lowest BCUT2D eigenvalue weighted by molar-refractivity contribution is 0.0735. The number of amides is 1. The Bertz CT molecular complexity index is 618. The van der Waals surface area contributed by atoms with Gasteiger partial charge in [0, 0.05) is 12.1 Å². The average Bonchev–Trinajstić information content (AvgIpc) is 2.87. The predicted molar refractivity (Wildman–Crippen MR) is 74.1 cm³/mol. The second kappa shape index (κ2) is 5.51. The molecule has 4 heteroatoms. The molecule has 0 atom stereocenters. The number of benzene rings is 1. The third-order valence-electron chi connectivity index (χ3n) is 3.63. The van der Waals surface area contributed by atoms with E-state index in [0.717, 1.165) is 30.5 Å². The second-order valence-corrected chi connectivity index (χ2v) is 5.01. The molecule has 4 nitrogen and oxygen atoms in total. The van der Waals surface area contributed by atoms with Crippen molar-refractivity contribution in [1.29, 1.82) is 0 Å². The summed E-state index contributed by atoms with van der Waals surface area (Å²) in [7, 11) is 0. The molecule has 0 unspecified atom stereocenters. The first-order valence-electron chi connectivity index (χ1n) is 6.83. The van der Waals surface area contributed by atoms with Crippen molar-refractivity contribution in [2.45, 2.75) is 26.0 Å². The highest BCUT2D eigenvalue weighted by atomic mass is 16.4. The van der Waals surface area contributed by atoms with Crippen LogP contribution >= 0.6 is 0 Å². The SMILES string of the molecule is O=C1c2ccccc2CCCN1Cc1ccc(CO)o1. The fourth-order valence-electron chi connectivity index (χ4n) is 2.61. The molecule has 0 aliphatic carbocycles. The average molecular weight is 271 g/mol. The molecule has 2 aromatic rings. The van der Waals surface area contributed by atoms with Gasteiger partial charge >= 0.3 is 0 Å². The Labute approximate surface area is 117 Å². The Hall–Kier alpha value is -2.07. The third kappa shape index (κ3) is 2.47. The van der Waals surface area contributed by atoms with Gasteiger partial charge < -0.3 is 14.4 Å². The van der Waals surface area contributed by atoms with E-state index >= 15 is 0 Å². The van der Waals surface area contributed by atoms with Gasteiger partial charge in [0.1, 0.15) is 18.1 Å². The Morgan fingerprint density at radius 2 is 1.95 bits per heavy atom. The summed E-state index contributed by atoms with van der Waals surface area (Å²) < 4.78 is 5.47. The lowest BCUT2D eigenvalue weighted by atomic mass is 10.0. The quantitative estimate of drug-likeness (QED) is 0.932. The molecule has 1 N–H and O–H groups in total. The Morgan fingerprint density at radius 1 is 1.15 bits per heavy atom. The number of rotatable bonds is 3. The number of aryl methyl sites for hydroxylation is 1. The molecule has 1 aromatic carbocycles. The molecule has 104 valence electrons. The summed E-state index contributed by atoms with van der Waals surface area (Å²) in [4.78, 5) is 14.4. The van der Waals surface area contributed by atoms with Crippen molar-refractivity contribution < 1.29 is 14.3 Å². The van der Waals surface area contributed by atoms with E-state index in [4.69, 9.17) is 9.52 Å². The highest BCUT2D eigenvalue weighted by Crippen LogP contribution is 2.20. The molecule has 2 heterocycles. The highest BCUT2D eigenvalue weighted by molar-refractivity contribution is 5.96. The van der Waals surface area contributed by atoms with Crippen LogP contribution < -0.4 is 0 Å². The van der Waals surface area contributed by atoms with Crippen LogP contribution in [0, 0.1) is 0 Å². The highest BCUT2D eigenvalue weighted by Gasteiger charge is 2.22.